The third-order valence-electron chi connectivity index (χ3n) is 5.95. The van der Waals surface area contributed by atoms with Crippen molar-refractivity contribution in [3.63, 3.8) is 0 Å². The van der Waals surface area contributed by atoms with E-state index in [0.717, 1.165) is 34.7 Å². The molecule has 0 saturated carbocycles. The first-order valence-electron chi connectivity index (χ1n) is 9.83. The van der Waals surface area contributed by atoms with E-state index in [1.165, 1.54) is 0 Å². The molecule has 4 heteroatoms. The Morgan fingerprint density at radius 2 is 1.38 bits per heavy atom. The van der Waals surface area contributed by atoms with Crippen LogP contribution in [0.25, 0.3) is 0 Å². The molecule has 4 nitrogen and oxygen atoms in total. The van der Waals surface area contributed by atoms with Crippen LogP contribution in [0.15, 0.2) is 78.9 Å². The molecule has 3 aromatic rings. The van der Waals surface area contributed by atoms with Gasteiger partial charge in [-0.15, -0.1) is 0 Å². The summed E-state index contributed by atoms with van der Waals surface area (Å²) in [4.78, 5) is 15.5. The summed E-state index contributed by atoms with van der Waals surface area (Å²) in [5, 5.41) is 0. The average Bonchev–Trinajstić information content (AvgIpc) is 2.79. The lowest BCUT2D eigenvalue weighted by atomic mass is 9.62. The van der Waals surface area contributed by atoms with Gasteiger partial charge in [-0.1, -0.05) is 49.4 Å². The van der Waals surface area contributed by atoms with Gasteiger partial charge in [-0.2, -0.15) is 0 Å². The minimum atomic E-state index is -0.588. The normalized spacial score (nSPS) is 20.9. The van der Waals surface area contributed by atoms with E-state index >= 15 is 0 Å². The predicted octanol–water partition coefficient (Wildman–Crippen LogP) is 5.14. The molecule has 148 valence electrons. The number of carbonyl (C=O) groups is 1. The Morgan fingerprint density at radius 1 is 0.828 bits per heavy atom. The highest BCUT2D eigenvalue weighted by Crippen LogP contribution is 2.55. The molecule has 0 radical (unpaired) electrons. The van der Waals surface area contributed by atoms with Gasteiger partial charge in [0.05, 0.1) is 25.7 Å². The average molecular weight is 387 g/mol. The van der Waals surface area contributed by atoms with Crippen molar-refractivity contribution in [2.24, 2.45) is 0 Å². The van der Waals surface area contributed by atoms with E-state index in [1.807, 2.05) is 59.5 Å². The second kappa shape index (κ2) is 7.63. The highest BCUT2D eigenvalue weighted by Gasteiger charge is 2.61. The number of carbonyl (C=O) groups excluding carboxylic acids is 1. The SMILES string of the molecule is CC[C@@]1(c2ccccc2)C(=O)N(c2ccc(OC)cc2)[C@@H]1c1ccc(OC)cc1. The monoisotopic (exact) mass is 387 g/mol. The number of ether oxygens (including phenoxy) is 2. The zero-order chi connectivity index (χ0) is 20.4. The number of hydrogen-bond donors (Lipinski definition) is 0. The first-order valence-corrected chi connectivity index (χ1v) is 9.83. The lowest BCUT2D eigenvalue weighted by molar-refractivity contribution is -0.133. The first kappa shape index (κ1) is 19.1. The van der Waals surface area contributed by atoms with Gasteiger partial charge in [0.2, 0.25) is 5.91 Å². The lowest BCUT2D eigenvalue weighted by Gasteiger charge is -2.56. The Hall–Kier alpha value is -3.27. The predicted molar refractivity (Wildman–Crippen MR) is 115 cm³/mol. The Labute approximate surface area is 171 Å². The third-order valence-corrected chi connectivity index (χ3v) is 5.95. The Bertz CT molecular complexity index is 983. The van der Waals surface area contributed by atoms with Gasteiger partial charge < -0.3 is 14.4 Å². The van der Waals surface area contributed by atoms with Crippen LogP contribution < -0.4 is 14.4 Å². The minimum absolute atomic E-state index is 0.0956. The summed E-state index contributed by atoms with van der Waals surface area (Å²) in [6.07, 6.45) is 0.721. The Kier molecular flexibility index (Phi) is 5.01. The van der Waals surface area contributed by atoms with E-state index in [2.05, 4.69) is 31.2 Å². The molecule has 2 atom stereocenters. The van der Waals surface area contributed by atoms with Crippen LogP contribution in [0, 0.1) is 0 Å². The number of benzene rings is 3. The van der Waals surface area contributed by atoms with Crippen LogP contribution in [0.1, 0.15) is 30.5 Å². The molecule has 0 aliphatic carbocycles. The van der Waals surface area contributed by atoms with Crippen molar-refractivity contribution < 1.29 is 14.3 Å². The summed E-state index contributed by atoms with van der Waals surface area (Å²) in [6.45, 7) is 2.09. The van der Waals surface area contributed by atoms with Gasteiger partial charge in [0, 0.05) is 5.69 Å². The van der Waals surface area contributed by atoms with Gasteiger partial charge in [-0.25, -0.2) is 0 Å². The summed E-state index contributed by atoms with van der Waals surface area (Å²) in [7, 11) is 3.30. The molecule has 1 saturated heterocycles. The van der Waals surface area contributed by atoms with Gasteiger partial charge >= 0.3 is 0 Å². The molecular formula is C25H25NO3. The number of hydrogen-bond acceptors (Lipinski definition) is 3. The van der Waals surface area contributed by atoms with Crippen molar-refractivity contribution in [2.45, 2.75) is 24.8 Å². The molecule has 0 N–H and O–H groups in total. The fourth-order valence-electron chi connectivity index (χ4n) is 4.40. The van der Waals surface area contributed by atoms with Crippen LogP contribution in [0.4, 0.5) is 5.69 Å². The fraction of sp³-hybridized carbons (Fsp3) is 0.240. The smallest absolute Gasteiger partial charge is 0.240 e. The quantitative estimate of drug-likeness (QED) is 0.550. The molecule has 1 aliphatic rings. The molecule has 0 unspecified atom stereocenters. The molecule has 3 aromatic carbocycles. The van der Waals surface area contributed by atoms with Crippen LogP contribution in [-0.2, 0) is 10.2 Å². The van der Waals surface area contributed by atoms with Gasteiger partial charge in [-0.05, 0) is 53.9 Å². The molecule has 1 aliphatic heterocycles. The molecule has 1 heterocycles. The molecule has 4 rings (SSSR count). The molecule has 0 bridgehead atoms. The van der Waals surface area contributed by atoms with E-state index in [-0.39, 0.29) is 11.9 Å². The van der Waals surface area contributed by atoms with E-state index in [0.29, 0.717) is 0 Å². The fourth-order valence-corrected chi connectivity index (χ4v) is 4.40. The topological polar surface area (TPSA) is 38.8 Å². The number of anilines is 1. The second-order valence-electron chi connectivity index (χ2n) is 7.24. The van der Waals surface area contributed by atoms with Crippen molar-refractivity contribution in [3.05, 3.63) is 90.0 Å². The van der Waals surface area contributed by atoms with Crippen LogP contribution >= 0.6 is 0 Å². The Morgan fingerprint density at radius 3 is 1.90 bits per heavy atom. The third kappa shape index (κ3) is 2.96. The maximum absolute atomic E-state index is 13.6. The van der Waals surface area contributed by atoms with E-state index in [9.17, 15) is 4.79 Å². The van der Waals surface area contributed by atoms with Crippen LogP contribution in [-0.4, -0.2) is 20.1 Å². The summed E-state index contributed by atoms with van der Waals surface area (Å²) in [6, 6.07) is 25.7. The number of nitrogens with zero attached hydrogens (tertiary/aromatic N) is 1. The maximum atomic E-state index is 13.6. The van der Waals surface area contributed by atoms with Crippen molar-refractivity contribution in [2.75, 3.05) is 19.1 Å². The molecule has 1 amide bonds. The zero-order valence-corrected chi connectivity index (χ0v) is 17.0. The van der Waals surface area contributed by atoms with Crippen LogP contribution in [0.2, 0.25) is 0 Å². The first-order chi connectivity index (χ1) is 14.2. The molecule has 0 aromatic heterocycles. The van der Waals surface area contributed by atoms with Gasteiger partial charge in [-0.3, -0.25) is 4.79 Å². The molecule has 0 spiro atoms. The highest BCUT2D eigenvalue weighted by atomic mass is 16.5. The van der Waals surface area contributed by atoms with Crippen molar-refractivity contribution in [1.82, 2.24) is 0 Å². The van der Waals surface area contributed by atoms with Gasteiger partial charge in [0.25, 0.3) is 0 Å². The number of rotatable bonds is 6. The zero-order valence-electron chi connectivity index (χ0n) is 17.0. The van der Waals surface area contributed by atoms with Crippen molar-refractivity contribution in [3.8, 4) is 11.5 Å². The van der Waals surface area contributed by atoms with E-state index in [1.54, 1.807) is 14.2 Å². The molecule has 29 heavy (non-hydrogen) atoms. The maximum Gasteiger partial charge on any atom is 0.240 e. The lowest BCUT2D eigenvalue weighted by Crippen LogP contribution is -2.66. The van der Waals surface area contributed by atoms with Gasteiger partial charge in [0.15, 0.2) is 0 Å². The Balaban J connectivity index is 1.83. The van der Waals surface area contributed by atoms with Gasteiger partial charge in [0.1, 0.15) is 11.5 Å². The largest absolute Gasteiger partial charge is 0.497 e. The van der Waals surface area contributed by atoms with E-state index in [4.69, 9.17) is 9.47 Å². The van der Waals surface area contributed by atoms with Crippen LogP contribution in [0.3, 0.4) is 0 Å². The standard InChI is InChI=1S/C25H25NO3/c1-4-25(19-8-6-5-7-9-19)23(18-10-14-21(28-2)15-11-18)26(24(25)27)20-12-16-22(29-3)17-13-20/h5-17,23H,4H2,1-3H3/t23-,25+/m1/s1. The summed E-state index contributed by atoms with van der Waals surface area (Å²) >= 11 is 0. The second-order valence-corrected chi connectivity index (χ2v) is 7.24. The minimum Gasteiger partial charge on any atom is -0.497 e. The highest BCUT2D eigenvalue weighted by molar-refractivity contribution is 6.10. The van der Waals surface area contributed by atoms with Crippen molar-refractivity contribution in [1.29, 1.82) is 0 Å². The number of amides is 1. The molecule has 1 fully saturated rings. The number of methoxy groups -OCH3 is 2. The molecular weight excluding hydrogens is 362 g/mol. The number of β-lactam (4-membered cyclic amide) rings is 1. The van der Waals surface area contributed by atoms with Crippen molar-refractivity contribution >= 4 is 11.6 Å². The van der Waals surface area contributed by atoms with Crippen LogP contribution in [0.5, 0.6) is 11.5 Å². The summed E-state index contributed by atoms with van der Waals surface area (Å²) in [5.41, 5.74) is 2.43. The van der Waals surface area contributed by atoms with E-state index < -0.39 is 5.41 Å². The summed E-state index contributed by atoms with van der Waals surface area (Å²) < 4.78 is 10.6. The summed E-state index contributed by atoms with van der Waals surface area (Å²) in [5.74, 6) is 1.70.